The summed E-state index contributed by atoms with van der Waals surface area (Å²) >= 11 is 0. The molecule has 1 fully saturated rings. The Kier molecular flexibility index (Phi) is 4.61. The van der Waals surface area contributed by atoms with Gasteiger partial charge in [0, 0.05) is 26.2 Å². The monoisotopic (exact) mass is 359 g/mol. The van der Waals surface area contributed by atoms with E-state index in [1.165, 1.54) is 28.6 Å². The van der Waals surface area contributed by atoms with Crippen molar-refractivity contribution in [2.24, 2.45) is 0 Å². The van der Waals surface area contributed by atoms with E-state index in [2.05, 4.69) is 0 Å². The van der Waals surface area contributed by atoms with Gasteiger partial charge in [-0.2, -0.15) is 9.57 Å². The van der Waals surface area contributed by atoms with Crippen molar-refractivity contribution in [2.75, 3.05) is 26.2 Å². The SMILES string of the molecule is Cc1ccc(C(=O)N2CCN(S(=O)(=O)c3ccc(C#N)cc3)CC2)o1. The molecule has 2 heterocycles. The van der Waals surface area contributed by atoms with E-state index in [0.717, 1.165) is 0 Å². The van der Waals surface area contributed by atoms with Gasteiger partial charge in [0.1, 0.15) is 5.76 Å². The average molecular weight is 359 g/mol. The summed E-state index contributed by atoms with van der Waals surface area (Å²) in [5, 5.41) is 8.80. The Hall–Kier alpha value is -2.63. The molecule has 2 aromatic rings. The minimum atomic E-state index is -3.63. The molecule has 1 saturated heterocycles. The van der Waals surface area contributed by atoms with Crippen LogP contribution in [0.1, 0.15) is 21.9 Å². The standard InChI is InChI=1S/C17H17N3O4S/c1-13-2-7-16(24-13)17(21)19-8-10-20(11-9-19)25(22,23)15-5-3-14(12-18)4-6-15/h2-7H,8-11H2,1H3. The van der Waals surface area contributed by atoms with Crippen molar-refractivity contribution in [3.63, 3.8) is 0 Å². The Bertz CT molecular complexity index is 918. The van der Waals surface area contributed by atoms with Crippen LogP contribution in [0.2, 0.25) is 0 Å². The summed E-state index contributed by atoms with van der Waals surface area (Å²) in [6.45, 7) is 2.79. The Morgan fingerprint density at radius 1 is 1.08 bits per heavy atom. The molecular weight excluding hydrogens is 342 g/mol. The number of carbonyl (C=O) groups is 1. The number of carbonyl (C=O) groups excluding carboxylic acids is 1. The van der Waals surface area contributed by atoms with E-state index in [1.807, 2.05) is 6.07 Å². The van der Waals surface area contributed by atoms with Crippen molar-refractivity contribution in [2.45, 2.75) is 11.8 Å². The van der Waals surface area contributed by atoms with Gasteiger partial charge < -0.3 is 9.32 Å². The number of furan rings is 1. The van der Waals surface area contributed by atoms with Gasteiger partial charge in [-0.25, -0.2) is 8.42 Å². The normalized spacial score (nSPS) is 15.8. The molecule has 7 nitrogen and oxygen atoms in total. The number of piperazine rings is 1. The number of rotatable bonds is 3. The number of aryl methyl sites for hydroxylation is 1. The first kappa shape index (κ1) is 17.2. The lowest BCUT2D eigenvalue weighted by atomic mass is 10.2. The third-order valence-corrected chi connectivity index (χ3v) is 6.01. The minimum Gasteiger partial charge on any atom is -0.456 e. The molecule has 0 aliphatic carbocycles. The van der Waals surface area contributed by atoms with E-state index in [9.17, 15) is 13.2 Å². The van der Waals surface area contributed by atoms with Crippen LogP contribution in [0.25, 0.3) is 0 Å². The molecule has 0 radical (unpaired) electrons. The van der Waals surface area contributed by atoms with Gasteiger partial charge in [-0.05, 0) is 43.3 Å². The first-order chi connectivity index (χ1) is 11.9. The lowest BCUT2D eigenvalue weighted by Crippen LogP contribution is -2.50. The fraction of sp³-hybridized carbons (Fsp3) is 0.294. The summed E-state index contributed by atoms with van der Waals surface area (Å²) in [5.74, 6) is 0.690. The van der Waals surface area contributed by atoms with Gasteiger partial charge in [0.25, 0.3) is 5.91 Å². The number of amides is 1. The van der Waals surface area contributed by atoms with Crippen LogP contribution in [0.3, 0.4) is 0 Å². The molecule has 0 N–H and O–H groups in total. The third-order valence-electron chi connectivity index (χ3n) is 4.10. The van der Waals surface area contributed by atoms with Crippen molar-refractivity contribution < 1.29 is 17.6 Å². The molecule has 3 rings (SSSR count). The van der Waals surface area contributed by atoms with Gasteiger partial charge in [-0.3, -0.25) is 4.79 Å². The van der Waals surface area contributed by atoms with E-state index in [-0.39, 0.29) is 29.7 Å². The number of benzene rings is 1. The maximum Gasteiger partial charge on any atom is 0.289 e. The predicted molar refractivity (Wildman–Crippen MR) is 89.3 cm³/mol. The zero-order valence-electron chi connectivity index (χ0n) is 13.7. The van der Waals surface area contributed by atoms with Gasteiger partial charge in [0.2, 0.25) is 10.0 Å². The van der Waals surface area contributed by atoms with Crippen molar-refractivity contribution in [1.82, 2.24) is 9.21 Å². The number of hydrogen-bond acceptors (Lipinski definition) is 5. The van der Waals surface area contributed by atoms with Crippen molar-refractivity contribution in [1.29, 1.82) is 5.26 Å². The molecule has 130 valence electrons. The average Bonchev–Trinajstić information content (AvgIpc) is 3.07. The molecule has 0 atom stereocenters. The van der Waals surface area contributed by atoms with Crippen molar-refractivity contribution >= 4 is 15.9 Å². The summed E-state index contributed by atoms with van der Waals surface area (Å²) in [7, 11) is -3.63. The lowest BCUT2D eigenvalue weighted by Gasteiger charge is -2.33. The fourth-order valence-electron chi connectivity index (χ4n) is 2.69. The lowest BCUT2D eigenvalue weighted by molar-refractivity contribution is 0.0664. The van der Waals surface area contributed by atoms with Crippen LogP contribution in [0, 0.1) is 18.3 Å². The Balaban J connectivity index is 1.68. The number of hydrogen-bond donors (Lipinski definition) is 0. The minimum absolute atomic E-state index is 0.146. The van der Waals surface area contributed by atoms with Crippen LogP contribution in [0.5, 0.6) is 0 Å². The molecular formula is C17H17N3O4S. The van der Waals surface area contributed by atoms with Gasteiger partial charge in [-0.15, -0.1) is 0 Å². The van der Waals surface area contributed by atoms with E-state index in [4.69, 9.17) is 9.68 Å². The second-order valence-corrected chi connectivity index (χ2v) is 7.68. The fourth-order valence-corrected chi connectivity index (χ4v) is 4.11. The smallest absolute Gasteiger partial charge is 0.289 e. The zero-order chi connectivity index (χ0) is 18.0. The zero-order valence-corrected chi connectivity index (χ0v) is 14.5. The van der Waals surface area contributed by atoms with Crippen LogP contribution in [-0.2, 0) is 10.0 Å². The molecule has 8 heteroatoms. The maximum absolute atomic E-state index is 12.7. The molecule has 0 saturated carbocycles. The second kappa shape index (κ2) is 6.70. The van der Waals surface area contributed by atoms with E-state index in [1.54, 1.807) is 24.0 Å². The van der Waals surface area contributed by atoms with Crippen LogP contribution in [0.4, 0.5) is 0 Å². The molecule has 0 unspecified atom stereocenters. The Labute approximate surface area is 146 Å². The highest BCUT2D eigenvalue weighted by Gasteiger charge is 2.31. The Morgan fingerprint density at radius 2 is 1.72 bits per heavy atom. The van der Waals surface area contributed by atoms with Gasteiger partial charge >= 0.3 is 0 Å². The quantitative estimate of drug-likeness (QED) is 0.830. The molecule has 1 aromatic carbocycles. The summed E-state index contributed by atoms with van der Waals surface area (Å²) in [5.41, 5.74) is 0.406. The highest BCUT2D eigenvalue weighted by Crippen LogP contribution is 2.19. The second-order valence-electron chi connectivity index (χ2n) is 5.74. The van der Waals surface area contributed by atoms with Gasteiger partial charge in [-0.1, -0.05) is 0 Å². The summed E-state index contributed by atoms with van der Waals surface area (Å²) in [6.07, 6.45) is 0. The third kappa shape index (κ3) is 3.43. The van der Waals surface area contributed by atoms with E-state index >= 15 is 0 Å². The summed E-state index contributed by atoms with van der Waals surface area (Å²) in [6, 6.07) is 11.1. The first-order valence-electron chi connectivity index (χ1n) is 7.78. The van der Waals surface area contributed by atoms with Gasteiger partial charge in [0.15, 0.2) is 5.76 Å². The molecule has 1 aliphatic heterocycles. The Morgan fingerprint density at radius 3 is 2.24 bits per heavy atom. The molecule has 1 amide bonds. The first-order valence-corrected chi connectivity index (χ1v) is 9.22. The highest BCUT2D eigenvalue weighted by atomic mass is 32.2. The molecule has 1 aromatic heterocycles. The van der Waals surface area contributed by atoms with Gasteiger partial charge in [0.05, 0.1) is 16.5 Å². The van der Waals surface area contributed by atoms with Crippen LogP contribution in [-0.4, -0.2) is 49.7 Å². The predicted octanol–water partition coefficient (Wildman–Crippen LogP) is 1.61. The number of nitriles is 1. The van der Waals surface area contributed by atoms with Crippen LogP contribution in [0.15, 0.2) is 45.7 Å². The molecule has 1 aliphatic rings. The summed E-state index contributed by atoms with van der Waals surface area (Å²) < 4.78 is 32.0. The maximum atomic E-state index is 12.7. The van der Waals surface area contributed by atoms with E-state index < -0.39 is 10.0 Å². The topological polar surface area (TPSA) is 94.6 Å². The summed E-state index contributed by atoms with van der Waals surface area (Å²) in [4.78, 5) is 14.1. The highest BCUT2D eigenvalue weighted by molar-refractivity contribution is 7.89. The molecule has 25 heavy (non-hydrogen) atoms. The van der Waals surface area contributed by atoms with Crippen molar-refractivity contribution in [3.8, 4) is 6.07 Å². The largest absolute Gasteiger partial charge is 0.456 e. The van der Waals surface area contributed by atoms with Crippen molar-refractivity contribution in [3.05, 3.63) is 53.5 Å². The number of nitrogens with zero attached hydrogens (tertiary/aromatic N) is 3. The molecule has 0 spiro atoms. The van der Waals surface area contributed by atoms with Crippen LogP contribution < -0.4 is 0 Å². The number of sulfonamides is 1. The molecule has 0 bridgehead atoms. The van der Waals surface area contributed by atoms with Crippen LogP contribution >= 0.6 is 0 Å². The van der Waals surface area contributed by atoms with E-state index in [0.29, 0.717) is 24.4 Å².